The lowest BCUT2D eigenvalue weighted by Gasteiger charge is -2.12. The minimum atomic E-state index is 0.304. The maximum absolute atomic E-state index is 11.3. The predicted octanol–water partition coefficient (Wildman–Crippen LogP) is 5.34. The molecular formula is C27H23N3O. The van der Waals surface area contributed by atoms with E-state index >= 15 is 0 Å². The molecule has 0 bridgehead atoms. The van der Waals surface area contributed by atoms with E-state index in [9.17, 15) is 4.79 Å². The second-order valence-corrected chi connectivity index (χ2v) is 7.70. The number of carbonyl (C=O) groups excluding carboxylic acids is 1. The molecule has 0 saturated carbocycles. The molecule has 2 aromatic carbocycles. The average molecular weight is 406 g/mol. The average Bonchev–Trinajstić information content (AvgIpc) is 3.42. The van der Waals surface area contributed by atoms with Gasteiger partial charge < -0.3 is 13.9 Å². The van der Waals surface area contributed by atoms with E-state index < -0.39 is 0 Å². The molecule has 0 saturated heterocycles. The fourth-order valence-electron chi connectivity index (χ4n) is 4.09. The Morgan fingerprint density at radius 2 is 1.42 bits per heavy atom. The van der Waals surface area contributed by atoms with Gasteiger partial charge >= 0.3 is 0 Å². The maximum Gasteiger partial charge on any atom is 0.125 e. The molecule has 4 heteroatoms. The van der Waals surface area contributed by atoms with Crippen LogP contribution in [0.2, 0.25) is 0 Å². The molecule has 0 amide bonds. The molecule has 0 unspecified atom stereocenters. The number of hydrogen-bond donors (Lipinski definition) is 0. The number of benzene rings is 2. The Hall–Kier alpha value is -3.92. The van der Waals surface area contributed by atoms with Gasteiger partial charge in [0.05, 0.1) is 22.6 Å². The Balaban J connectivity index is 1.61. The van der Waals surface area contributed by atoms with Crippen LogP contribution in [0, 0.1) is 0 Å². The molecule has 3 heterocycles. The molecule has 0 radical (unpaired) electrons. The molecule has 31 heavy (non-hydrogen) atoms. The number of aromatic nitrogens is 3. The Morgan fingerprint density at radius 3 is 2.10 bits per heavy atom. The van der Waals surface area contributed by atoms with Gasteiger partial charge in [0.2, 0.25) is 0 Å². The minimum Gasteiger partial charge on any atom is -0.343 e. The summed E-state index contributed by atoms with van der Waals surface area (Å²) in [6, 6.07) is 29.1. The highest BCUT2D eigenvalue weighted by Gasteiger charge is 2.15. The van der Waals surface area contributed by atoms with Crippen molar-refractivity contribution in [3.63, 3.8) is 0 Å². The van der Waals surface area contributed by atoms with Gasteiger partial charge in [0.1, 0.15) is 6.29 Å². The van der Waals surface area contributed by atoms with Gasteiger partial charge in [0, 0.05) is 37.3 Å². The first-order valence-corrected chi connectivity index (χ1v) is 10.5. The van der Waals surface area contributed by atoms with Crippen LogP contribution in [0.5, 0.6) is 0 Å². The Bertz CT molecular complexity index is 1320. The number of fused-ring (bicyclic) bond motifs is 1. The van der Waals surface area contributed by atoms with Gasteiger partial charge in [-0.2, -0.15) is 0 Å². The predicted molar refractivity (Wildman–Crippen MR) is 124 cm³/mol. The molecule has 0 aliphatic carbocycles. The summed E-state index contributed by atoms with van der Waals surface area (Å²) >= 11 is 0. The van der Waals surface area contributed by atoms with Gasteiger partial charge in [-0.25, -0.2) is 0 Å². The molecule has 5 aromatic rings. The van der Waals surface area contributed by atoms with Crippen molar-refractivity contribution in [3.05, 3.63) is 114 Å². The SMILES string of the molecule is O=CCc1cc2c(ccn2Cc2ccccc2)c(-c2cccn2Cc2ccccc2)n1. The van der Waals surface area contributed by atoms with Gasteiger partial charge in [-0.3, -0.25) is 4.98 Å². The molecule has 0 aliphatic rings. The summed E-state index contributed by atoms with van der Waals surface area (Å²) in [7, 11) is 0. The van der Waals surface area contributed by atoms with E-state index in [2.05, 4.69) is 88.3 Å². The van der Waals surface area contributed by atoms with Gasteiger partial charge in [0.25, 0.3) is 0 Å². The lowest BCUT2D eigenvalue weighted by atomic mass is 10.1. The molecule has 0 spiro atoms. The monoisotopic (exact) mass is 405 g/mol. The summed E-state index contributed by atoms with van der Waals surface area (Å²) < 4.78 is 4.45. The molecule has 0 aliphatic heterocycles. The van der Waals surface area contributed by atoms with Gasteiger partial charge in [-0.05, 0) is 35.4 Å². The van der Waals surface area contributed by atoms with E-state index in [0.29, 0.717) is 6.42 Å². The largest absolute Gasteiger partial charge is 0.343 e. The van der Waals surface area contributed by atoms with Gasteiger partial charge in [0.15, 0.2) is 0 Å². The molecule has 3 aromatic heterocycles. The zero-order valence-corrected chi connectivity index (χ0v) is 17.2. The molecule has 5 rings (SSSR count). The van der Waals surface area contributed by atoms with Crippen LogP contribution < -0.4 is 0 Å². The van der Waals surface area contributed by atoms with E-state index in [1.807, 2.05) is 18.2 Å². The van der Waals surface area contributed by atoms with E-state index in [1.165, 1.54) is 11.1 Å². The molecular weight excluding hydrogens is 382 g/mol. The van der Waals surface area contributed by atoms with Crippen molar-refractivity contribution in [3.8, 4) is 11.4 Å². The molecule has 4 nitrogen and oxygen atoms in total. The van der Waals surface area contributed by atoms with Crippen molar-refractivity contribution in [1.82, 2.24) is 14.1 Å². The zero-order valence-electron chi connectivity index (χ0n) is 17.2. The molecule has 0 N–H and O–H groups in total. The normalized spacial score (nSPS) is 11.1. The van der Waals surface area contributed by atoms with Crippen molar-refractivity contribution in [2.75, 3.05) is 0 Å². The quantitative estimate of drug-likeness (QED) is 0.343. The van der Waals surface area contributed by atoms with Crippen LogP contribution in [0.25, 0.3) is 22.3 Å². The standard InChI is InChI=1S/C27H23N3O/c31-17-14-23-18-26-24(13-16-30(26)20-22-10-5-2-6-11-22)27(28-23)25-12-7-15-29(25)19-21-8-3-1-4-9-21/h1-13,15-18H,14,19-20H2. The molecule has 0 fully saturated rings. The number of aldehydes is 1. The van der Waals surface area contributed by atoms with Crippen molar-refractivity contribution in [1.29, 1.82) is 0 Å². The smallest absolute Gasteiger partial charge is 0.125 e. The lowest BCUT2D eigenvalue weighted by molar-refractivity contribution is -0.107. The third kappa shape index (κ3) is 3.92. The Morgan fingerprint density at radius 1 is 0.742 bits per heavy atom. The topological polar surface area (TPSA) is 39.8 Å². The second kappa shape index (κ2) is 8.44. The highest BCUT2D eigenvalue weighted by molar-refractivity contribution is 5.93. The van der Waals surface area contributed by atoms with E-state index in [4.69, 9.17) is 4.98 Å². The lowest BCUT2D eigenvalue weighted by Crippen LogP contribution is -2.04. The van der Waals surface area contributed by atoms with Crippen LogP contribution in [0.4, 0.5) is 0 Å². The van der Waals surface area contributed by atoms with Crippen LogP contribution in [-0.2, 0) is 24.3 Å². The minimum absolute atomic E-state index is 0.304. The van der Waals surface area contributed by atoms with Crippen LogP contribution >= 0.6 is 0 Å². The second-order valence-electron chi connectivity index (χ2n) is 7.70. The number of rotatable bonds is 7. The highest BCUT2D eigenvalue weighted by Crippen LogP contribution is 2.30. The maximum atomic E-state index is 11.3. The fourth-order valence-corrected chi connectivity index (χ4v) is 4.09. The number of carbonyl (C=O) groups is 1. The Kier molecular flexibility index (Phi) is 5.19. The highest BCUT2D eigenvalue weighted by atomic mass is 16.1. The van der Waals surface area contributed by atoms with Crippen molar-refractivity contribution < 1.29 is 4.79 Å². The van der Waals surface area contributed by atoms with Crippen LogP contribution in [-0.4, -0.2) is 20.4 Å². The Labute approximate surface area is 181 Å². The number of pyridine rings is 1. The fraction of sp³-hybridized carbons (Fsp3) is 0.111. The number of nitrogens with zero attached hydrogens (tertiary/aromatic N) is 3. The summed E-state index contributed by atoms with van der Waals surface area (Å²) in [5.74, 6) is 0. The van der Waals surface area contributed by atoms with Gasteiger partial charge in [-0.1, -0.05) is 60.7 Å². The van der Waals surface area contributed by atoms with E-state index in [-0.39, 0.29) is 0 Å². The number of hydrogen-bond acceptors (Lipinski definition) is 2. The van der Waals surface area contributed by atoms with Crippen molar-refractivity contribution >= 4 is 17.2 Å². The van der Waals surface area contributed by atoms with Gasteiger partial charge in [-0.15, -0.1) is 0 Å². The first kappa shape index (κ1) is 19.1. The third-order valence-electron chi connectivity index (χ3n) is 5.58. The summed E-state index contributed by atoms with van der Waals surface area (Å²) in [6.07, 6.45) is 5.42. The van der Waals surface area contributed by atoms with Crippen LogP contribution in [0.15, 0.2) is 97.3 Å². The van der Waals surface area contributed by atoms with Crippen molar-refractivity contribution in [2.24, 2.45) is 0 Å². The first-order valence-electron chi connectivity index (χ1n) is 10.5. The van der Waals surface area contributed by atoms with E-state index in [0.717, 1.165) is 47.4 Å². The van der Waals surface area contributed by atoms with Crippen LogP contribution in [0.3, 0.4) is 0 Å². The first-order chi connectivity index (χ1) is 15.3. The van der Waals surface area contributed by atoms with Crippen LogP contribution in [0.1, 0.15) is 16.8 Å². The third-order valence-corrected chi connectivity index (χ3v) is 5.58. The summed E-state index contributed by atoms with van der Waals surface area (Å²) in [5, 5.41) is 1.10. The van der Waals surface area contributed by atoms with Crippen molar-refractivity contribution in [2.45, 2.75) is 19.5 Å². The molecule has 152 valence electrons. The zero-order chi connectivity index (χ0) is 21.0. The summed E-state index contributed by atoms with van der Waals surface area (Å²) in [4.78, 5) is 16.2. The summed E-state index contributed by atoms with van der Waals surface area (Å²) in [5.41, 5.74) is 6.34. The summed E-state index contributed by atoms with van der Waals surface area (Å²) in [6.45, 7) is 1.55. The van der Waals surface area contributed by atoms with E-state index in [1.54, 1.807) is 0 Å². The molecule has 0 atom stereocenters.